The van der Waals surface area contributed by atoms with Gasteiger partial charge in [-0.05, 0) is 45.5 Å². The van der Waals surface area contributed by atoms with Crippen LogP contribution < -0.4 is 5.19 Å². The Morgan fingerprint density at radius 2 is 1.76 bits per heavy atom. The second-order valence-electron chi connectivity index (χ2n) is 4.31. The maximum Gasteiger partial charge on any atom is 0.0776 e. The van der Waals surface area contributed by atoms with Crippen molar-refractivity contribution in [3.8, 4) is 0 Å². The Bertz CT molecular complexity index is 851. The van der Waals surface area contributed by atoms with Crippen LogP contribution in [0.25, 0.3) is 0 Å². The fourth-order valence-corrected chi connectivity index (χ4v) is 3.08. The highest BCUT2D eigenvalue weighted by Crippen LogP contribution is 2.29. The van der Waals surface area contributed by atoms with Gasteiger partial charge in [-0.15, -0.1) is 0 Å². The van der Waals surface area contributed by atoms with Crippen molar-refractivity contribution >= 4 is 35.9 Å². The molecule has 0 saturated heterocycles. The van der Waals surface area contributed by atoms with Gasteiger partial charge in [0.1, 0.15) is 0 Å². The van der Waals surface area contributed by atoms with Crippen LogP contribution in [0.2, 0.25) is 19.6 Å². The van der Waals surface area contributed by atoms with Gasteiger partial charge in [-0.2, -0.15) is 0 Å². The minimum atomic E-state index is -3.89. The monoisotopic (exact) mass is 376 g/mol. The lowest BCUT2D eigenvalue weighted by Gasteiger charge is -2.23. The van der Waals surface area contributed by atoms with Crippen molar-refractivity contribution in [3.63, 3.8) is 0 Å². The molecule has 1 aromatic carbocycles. The first-order chi connectivity index (χ1) is 14.1. The summed E-state index contributed by atoms with van der Waals surface area (Å²) in [5.74, 6) is -6.05. The summed E-state index contributed by atoms with van der Waals surface area (Å²) in [5, 5.41) is -0.513. The normalized spacial score (nSPS) is 33.4. The minimum absolute atomic E-state index is 0.502. The first-order valence-corrected chi connectivity index (χ1v) is 9.02. The van der Waals surface area contributed by atoms with E-state index < -0.39 is 78.9 Å². The van der Waals surface area contributed by atoms with E-state index in [2.05, 4.69) is 0 Å². The lowest BCUT2D eigenvalue weighted by atomic mass is 9.96. The van der Waals surface area contributed by atoms with Crippen molar-refractivity contribution in [2.45, 2.75) is 58.8 Å². The molecule has 0 aliphatic carbocycles. The Labute approximate surface area is 144 Å². The van der Waals surface area contributed by atoms with E-state index in [4.69, 9.17) is 21.9 Å². The van der Waals surface area contributed by atoms with Crippen LogP contribution in [0.15, 0.2) is 12.1 Å². The van der Waals surface area contributed by atoms with Crippen LogP contribution in [0.3, 0.4) is 0 Å². The smallest absolute Gasteiger partial charge is 0.0656 e. The molecule has 0 radical (unpaired) electrons. The van der Waals surface area contributed by atoms with Crippen molar-refractivity contribution in [3.05, 3.63) is 26.8 Å². The topological polar surface area (TPSA) is 0 Å². The van der Waals surface area contributed by atoms with E-state index in [1.165, 1.54) is 35.7 Å². The zero-order valence-corrected chi connectivity index (χ0v) is 13.0. The fraction of sp³-hybridized carbons (Fsp3) is 0.600. The maximum atomic E-state index is 8.67. The summed E-state index contributed by atoms with van der Waals surface area (Å²) in [6, 6.07) is -1.63. The minimum Gasteiger partial charge on any atom is -0.0656 e. The summed E-state index contributed by atoms with van der Waals surface area (Å²) in [6.07, 6.45) is 0. The van der Waals surface area contributed by atoms with Gasteiger partial charge >= 0.3 is 0 Å². The van der Waals surface area contributed by atoms with Crippen molar-refractivity contribution in [1.29, 1.82) is 0 Å². The Balaban J connectivity index is 4.61. The van der Waals surface area contributed by atoms with Gasteiger partial charge in [0.15, 0.2) is 0 Å². The average Bonchev–Trinajstić information content (AvgIpc) is 2.49. The van der Waals surface area contributed by atoms with E-state index in [1.807, 2.05) is 0 Å². The number of rotatable bonds is 3. The van der Waals surface area contributed by atoms with Crippen LogP contribution in [-0.2, 0) is 0 Å². The van der Waals surface area contributed by atoms with Crippen LogP contribution >= 0.6 is 22.6 Å². The van der Waals surface area contributed by atoms with Crippen LogP contribution in [-0.4, -0.2) is 8.07 Å². The zero-order chi connectivity index (χ0) is 27.0. The van der Waals surface area contributed by atoms with Crippen molar-refractivity contribution < 1.29 is 21.9 Å². The van der Waals surface area contributed by atoms with Crippen LogP contribution in [0.4, 0.5) is 0 Å². The Morgan fingerprint density at radius 3 is 2.24 bits per heavy atom. The van der Waals surface area contributed by atoms with E-state index >= 15 is 0 Å². The molecule has 0 fully saturated rings. The average molecular weight is 376 g/mol. The molecule has 96 valence electrons. The third kappa shape index (κ3) is 3.57. The summed E-state index contributed by atoms with van der Waals surface area (Å²) in [6.45, 7) is -9.48. The molecule has 0 spiro atoms. The predicted molar refractivity (Wildman–Crippen MR) is 90.3 cm³/mol. The van der Waals surface area contributed by atoms with Gasteiger partial charge < -0.3 is 0 Å². The van der Waals surface area contributed by atoms with Crippen LogP contribution in [0, 0.1) is 3.57 Å². The second-order valence-corrected chi connectivity index (χ2v) is 9.14. The first kappa shape index (κ1) is 4.08. The highest BCUT2D eigenvalue weighted by molar-refractivity contribution is 14.1. The summed E-state index contributed by atoms with van der Waals surface area (Å²) < 4.78 is 128. The molecule has 0 nitrogen and oxygen atoms in total. The second kappa shape index (κ2) is 5.43. The first-order valence-electron chi connectivity index (χ1n) is 12.9. The van der Waals surface area contributed by atoms with Gasteiger partial charge in [-0.3, -0.25) is 0 Å². The van der Waals surface area contributed by atoms with Gasteiger partial charge in [-0.1, -0.05) is 64.3 Å². The summed E-state index contributed by atoms with van der Waals surface area (Å²) in [5.41, 5.74) is -1.55. The van der Waals surface area contributed by atoms with Crippen molar-refractivity contribution in [2.75, 3.05) is 0 Å². The van der Waals surface area contributed by atoms with Gasteiger partial charge in [-0.25, -0.2) is 0 Å². The fourth-order valence-electron chi connectivity index (χ4n) is 1.26. The number of hydrogen-bond donors (Lipinski definition) is 0. The standard InChI is InChI=1S/C15H25ISi/c1-10(2)13-8-12(17(5,6)7)9-14(11(3)4)15(13)16/h8-11H,1-7H3/i1D3,2D3,3D3,5D3,8D,9D,10D,11D. The molecule has 0 bridgehead atoms. The Kier molecular flexibility index (Phi) is 1.30. The molecule has 2 heteroatoms. The predicted octanol–water partition coefficient (Wildman–Crippen LogP) is 5.08. The molecule has 0 aliphatic heterocycles. The van der Waals surface area contributed by atoms with Gasteiger partial charge in [0.2, 0.25) is 0 Å². The molecule has 1 unspecified atom stereocenters. The molecule has 1 aromatic rings. The zero-order valence-electron chi connectivity index (χ0n) is 25.9. The summed E-state index contributed by atoms with van der Waals surface area (Å²) in [7, 11) is -3.89. The lowest BCUT2D eigenvalue weighted by molar-refractivity contribution is 0.824. The molecule has 17 heavy (non-hydrogen) atoms. The van der Waals surface area contributed by atoms with E-state index in [1.54, 1.807) is 0 Å². The van der Waals surface area contributed by atoms with Gasteiger partial charge in [0, 0.05) is 22.8 Å². The molecule has 0 aromatic heterocycles. The lowest BCUT2D eigenvalue weighted by Crippen LogP contribution is -2.38. The largest absolute Gasteiger partial charge is 0.0776 e. The molecule has 0 amide bonds. The Morgan fingerprint density at radius 1 is 1.24 bits per heavy atom. The molecular formula is C15H25ISi. The number of hydrogen-bond acceptors (Lipinski definition) is 0. The Hall–Kier alpha value is 0.167. The summed E-state index contributed by atoms with van der Waals surface area (Å²) in [4.78, 5) is 0. The van der Waals surface area contributed by atoms with E-state index in [0.717, 1.165) is 6.92 Å². The highest BCUT2D eigenvalue weighted by atomic mass is 127. The van der Waals surface area contributed by atoms with E-state index in [0.29, 0.717) is 0 Å². The van der Waals surface area contributed by atoms with E-state index in [9.17, 15) is 0 Å². The highest BCUT2D eigenvalue weighted by Gasteiger charge is 2.21. The van der Waals surface area contributed by atoms with Gasteiger partial charge in [0.05, 0.1) is 10.8 Å². The third-order valence-corrected chi connectivity index (χ3v) is 4.77. The van der Waals surface area contributed by atoms with Crippen LogP contribution in [0.1, 0.15) is 72.3 Å². The quantitative estimate of drug-likeness (QED) is 0.510. The molecule has 0 N–H and O–H groups in total. The number of benzene rings is 1. The molecular weight excluding hydrogens is 335 g/mol. The van der Waals surface area contributed by atoms with Crippen molar-refractivity contribution in [2.24, 2.45) is 0 Å². The molecule has 0 aliphatic rings. The molecule has 1 atom stereocenters. The van der Waals surface area contributed by atoms with Crippen LogP contribution in [0.5, 0.6) is 0 Å². The third-order valence-electron chi connectivity index (χ3n) is 2.19. The SMILES string of the molecule is [2H]c1c(C([2H])(C)C([2H])([2H])[2H])c(I)c(C([2H])(C([2H])([2H])[2H])C([2H])([2H])[2H])c([2H])c1[Si](C)(C)C([2H])([2H])[2H]. The van der Waals surface area contributed by atoms with E-state index in [-0.39, 0.29) is 0 Å². The van der Waals surface area contributed by atoms with Gasteiger partial charge in [0.25, 0.3) is 0 Å². The molecule has 0 heterocycles. The number of halogens is 1. The molecule has 1 rings (SSSR count). The van der Waals surface area contributed by atoms with Crippen molar-refractivity contribution in [1.82, 2.24) is 0 Å². The molecule has 0 saturated carbocycles. The summed E-state index contributed by atoms with van der Waals surface area (Å²) >= 11 is 1.37. The maximum absolute atomic E-state index is 8.67.